The number of benzene rings is 1. The minimum absolute atomic E-state index is 0.0388. The fraction of sp³-hybridized carbons (Fsp3) is 0.417. The van der Waals surface area contributed by atoms with E-state index in [1.54, 1.807) is 17.9 Å². The van der Waals surface area contributed by atoms with E-state index < -0.39 is 0 Å². The first-order chi connectivity index (χ1) is 7.10. The molecule has 82 valence electrons. The van der Waals surface area contributed by atoms with Crippen LogP contribution in [0.1, 0.15) is 29.8 Å². The number of aryl methyl sites for hydroxylation is 1. The number of carbonyl (C=O) groups excluding carboxylic acids is 1. The second kappa shape index (κ2) is 4.91. The lowest BCUT2D eigenvalue weighted by Gasteiger charge is -2.18. The number of carbonyl (C=O) groups is 1. The Hall–Kier alpha value is -1.38. The van der Waals surface area contributed by atoms with Crippen LogP contribution in [0.5, 0.6) is 0 Å². The molecule has 0 saturated carbocycles. The first kappa shape index (κ1) is 11.7. The van der Waals surface area contributed by atoms with Crippen molar-refractivity contribution in [1.29, 1.82) is 0 Å². The zero-order chi connectivity index (χ0) is 11.4. The van der Waals surface area contributed by atoms with Crippen molar-refractivity contribution in [1.82, 2.24) is 4.90 Å². The molecule has 0 N–H and O–H groups in total. The predicted molar refractivity (Wildman–Crippen MR) is 58.4 cm³/mol. The third kappa shape index (κ3) is 2.55. The van der Waals surface area contributed by atoms with E-state index in [-0.39, 0.29) is 11.7 Å². The summed E-state index contributed by atoms with van der Waals surface area (Å²) in [6, 6.07) is 4.46. The average Bonchev–Trinajstić information content (AvgIpc) is 2.23. The molecule has 0 aliphatic rings. The van der Waals surface area contributed by atoms with Gasteiger partial charge in [0.1, 0.15) is 5.82 Å². The van der Waals surface area contributed by atoms with Gasteiger partial charge >= 0.3 is 0 Å². The monoisotopic (exact) mass is 209 g/mol. The van der Waals surface area contributed by atoms with Crippen LogP contribution in [0.2, 0.25) is 0 Å². The van der Waals surface area contributed by atoms with Gasteiger partial charge in [-0.25, -0.2) is 4.39 Å². The zero-order valence-electron chi connectivity index (χ0n) is 9.38. The molecule has 0 bridgehead atoms. The largest absolute Gasteiger partial charge is 0.339 e. The van der Waals surface area contributed by atoms with Gasteiger partial charge in [-0.3, -0.25) is 4.79 Å². The molecule has 0 aromatic heterocycles. The Labute approximate surface area is 89.7 Å². The fourth-order valence-electron chi connectivity index (χ4n) is 1.47. The Morgan fingerprint density at radius 1 is 1.33 bits per heavy atom. The molecular weight excluding hydrogens is 193 g/mol. The summed E-state index contributed by atoms with van der Waals surface area (Å²) < 4.78 is 13.0. The van der Waals surface area contributed by atoms with Crippen LogP contribution in [-0.2, 0) is 0 Å². The summed E-state index contributed by atoms with van der Waals surface area (Å²) in [7, 11) is 0. The van der Waals surface area contributed by atoms with Gasteiger partial charge < -0.3 is 4.90 Å². The molecule has 0 radical (unpaired) electrons. The Balaban J connectivity index is 2.96. The molecule has 1 aromatic rings. The van der Waals surface area contributed by atoms with Crippen LogP contribution in [0.3, 0.4) is 0 Å². The molecule has 3 heteroatoms. The van der Waals surface area contributed by atoms with Gasteiger partial charge in [-0.2, -0.15) is 0 Å². The van der Waals surface area contributed by atoms with Gasteiger partial charge in [0.2, 0.25) is 0 Å². The Kier molecular flexibility index (Phi) is 3.83. The third-order valence-corrected chi connectivity index (χ3v) is 2.46. The number of rotatable bonds is 3. The summed E-state index contributed by atoms with van der Waals surface area (Å²) in [5.41, 5.74) is 1.06. The molecule has 0 spiro atoms. The molecule has 0 heterocycles. The predicted octanol–water partition coefficient (Wildman–Crippen LogP) is 2.62. The SMILES string of the molecule is CCN(CC)C(=O)c1ccc(F)c(C)c1. The quantitative estimate of drug-likeness (QED) is 0.749. The van der Waals surface area contributed by atoms with Gasteiger partial charge in [-0.1, -0.05) is 0 Å². The highest BCUT2D eigenvalue weighted by atomic mass is 19.1. The minimum Gasteiger partial charge on any atom is -0.339 e. The number of nitrogens with zero attached hydrogens (tertiary/aromatic N) is 1. The van der Waals surface area contributed by atoms with Crippen LogP contribution in [0.4, 0.5) is 4.39 Å². The van der Waals surface area contributed by atoms with Crippen LogP contribution in [-0.4, -0.2) is 23.9 Å². The lowest BCUT2D eigenvalue weighted by atomic mass is 10.1. The number of hydrogen-bond acceptors (Lipinski definition) is 1. The van der Waals surface area contributed by atoms with Crippen molar-refractivity contribution in [3.63, 3.8) is 0 Å². The Morgan fingerprint density at radius 2 is 1.93 bits per heavy atom. The van der Waals surface area contributed by atoms with Crippen molar-refractivity contribution in [3.05, 3.63) is 35.1 Å². The van der Waals surface area contributed by atoms with Gasteiger partial charge in [0.15, 0.2) is 0 Å². The lowest BCUT2D eigenvalue weighted by molar-refractivity contribution is 0.0773. The average molecular weight is 209 g/mol. The van der Waals surface area contributed by atoms with Crippen LogP contribution < -0.4 is 0 Å². The molecular formula is C12H16FNO. The number of halogens is 1. The summed E-state index contributed by atoms with van der Waals surface area (Å²) in [5.74, 6) is -0.311. The zero-order valence-corrected chi connectivity index (χ0v) is 9.38. The van der Waals surface area contributed by atoms with E-state index in [0.29, 0.717) is 24.2 Å². The van der Waals surface area contributed by atoms with Gasteiger partial charge in [0, 0.05) is 18.7 Å². The van der Waals surface area contributed by atoms with Crippen LogP contribution in [0.25, 0.3) is 0 Å². The maximum Gasteiger partial charge on any atom is 0.253 e. The van der Waals surface area contributed by atoms with E-state index in [0.717, 1.165) is 0 Å². The highest BCUT2D eigenvalue weighted by molar-refractivity contribution is 5.94. The van der Waals surface area contributed by atoms with Crippen molar-refractivity contribution in [2.45, 2.75) is 20.8 Å². The maximum absolute atomic E-state index is 13.0. The summed E-state index contributed by atoms with van der Waals surface area (Å²) in [4.78, 5) is 13.6. The summed E-state index contributed by atoms with van der Waals surface area (Å²) in [6.45, 7) is 6.86. The third-order valence-electron chi connectivity index (χ3n) is 2.46. The Morgan fingerprint density at radius 3 is 2.40 bits per heavy atom. The molecule has 0 aliphatic carbocycles. The van der Waals surface area contributed by atoms with Gasteiger partial charge in [-0.15, -0.1) is 0 Å². The van der Waals surface area contributed by atoms with Crippen molar-refractivity contribution in [2.75, 3.05) is 13.1 Å². The summed E-state index contributed by atoms with van der Waals surface area (Å²) >= 11 is 0. The van der Waals surface area contributed by atoms with Crippen LogP contribution in [0.15, 0.2) is 18.2 Å². The smallest absolute Gasteiger partial charge is 0.253 e. The minimum atomic E-state index is -0.272. The molecule has 0 fully saturated rings. The van der Waals surface area contributed by atoms with E-state index >= 15 is 0 Å². The standard InChI is InChI=1S/C12H16FNO/c1-4-14(5-2)12(15)10-6-7-11(13)9(3)8-10/h6-8H,4-5H2,1-3H3. The maximum atomic E-state index is 13.0. The fourth-order valence-corrected chi connectivity index (χ4v) is 1.47. The molecule has 1 aromatic carbocycles. The molecule has 0 saturated heterocycles. The van der Waals surface area contributed by atoms with Crippen LogP contribution in [0, 0.1) is 12.7 Å². The van der Waals surface area contributed by atoms with Crippen LogP contribution >= 0.6 is 0 Å². The first-order valence-electron chi connectivity index (χ1n) is 5.15. The first-order valence-corrected chi connectivity index (χ1v) is 5.15. The van der Waals surface area contributed by atoms with E-state index in [2.05, 4.69) is 0 Å². The summed E-state index contributed by atoms with van der Waals surface area (Å²) in [5, 5.41) is 0. The molecule has 0 aliphatic heterocycles. The molecule has 0 unspecified atom stereocenters. The van der Waals surface area contributed by atoms with Gasteiger partial charge in [0.05, 0.1) is 0 Å². The van der Waals surface area contributed by atoms with E-state index in [9.17, 15) is 9.18 Å². The highest BCUT2D eigenvalue weighted by Crippen LogP contribution is 2.11. The van der Waals surface area contributed by atoms with E-state index in [1.807, 2.05) is 13.8 Å². The highest BCUT2D eigenvalue weighted by Gasteiger charge is 2.12. The molecule has 2 nitrogen and oxygen atoms in total. The number of hydrogen-bond donors (Lipinski definition) is 0. The van der Waals surface area contributed by atoms with E-state index in [4.69, 9.17) is 0 Å². The second-order valence-corrected chi connectivity index (χ2v) is 3.44. The normalized spacial score (nSPS) is 10.1. The van der Waals surface area contributed by atoms with Crippen molar-refractivity contribution in [2.24, 2.45) is 0 Å². The molecule has 15 heavy (non-hydrogen) atoms. The molecule has 1 rings (SSSR count). The second-order valence-electron chi connectivity index (χ2n) is 3.44. The van der Waals surface area contributed by atoms with Gasteiger partial charge in [-0.05, 0) is 44.5 Å². The molecule has 1 amide bonds. The van der Waals surface area contributed by atoms with Gasteiger partial charge in [0.25, 0.3) is 5.91 Å². The lowest BCUT2D eigenvalue weighted by Crippen LogP contribution is -2.30. The number of amides is 1. The topological polar surface area (TPSA) is 20.3 Å². The van der Waals surface area contributed by atoms with Crippen molar-refractivity contribution in [3.8, 4) is 0 Å². The van der Waals surface area contributed by atoms with Crippen molar-refractivity contribution < 1.29 is 9.18 Å². The molecule has 0 atom stereocenters. The Bertz CT molecular complexity index is 359. The summed E-state index contributed by atoms with van der Waals surface area (Å²) in [6.07, 6.45) is 0. The van der Waals surface area contributed by atoms with Crippen molar-refractivity contribution >= 4 is 5.91 Å². The van der Waals surface area contributed by atoms with E-state index in [1.165, 1.54) is 12.1 Å².